The average Bonchev–Trinajstić information content (AvgIpc) is 3.02. The zero-order valence-corrected chi connectivity index (χ0v) is 22.3. The molecule has 0 saturated carbocycles. The number of fused-ring (bicyclic) bond motifs is 1. The molecule has 1 fully saturated rings. The maximum atomic E-state index is 13.8. The highest BCUT2D eigenvalue weighted by molar-refractivity contribution is 5.96. The number of nitrogens with two attached hydrogens (primary N) is 1. The van der Waals surface area contributed by atoms with E-state index in [4.69, 9.17) is 15.3 Å². The lowest BCUT2D eigenvalue weighted by atomic mass is 9.63. The summed E-state index contributed by atoms with van der Waals surface area (Å²) in [5.74, 6) is 0.109. The highest BCUT2D eigenvalue weighted by Crippen LogP contribution is 2.47. The molecule has 2 atom stereocenters. The predicted octanol–water partition coefficient (Wildman–Crippen LogP) is 3.45. The fourth-order valence-corrected chi connectivity index (χ4v) is 6.02. The van der Waals surface area contributed by atoms with Crippen molar-refractivity contribution in [2.75, 3.05) is 26.7 Å². The lowest BCUT2D eigenvalue weighted by Crippen LogP contribution is -2.49. The van der Waals surface area contributed by atoms with Gasteiger partial charge in [0, 0.05) is 37.3 Å². The first-order valence-electron chi connectivity index (χ1n) is 13.3. The van der Waals surface area contributed by atoms with Crippen LogP contribution >= 0.6 is 0 Å². The molecule has 1 aliphatic heterocycles. The molecule has 2 amide bonds. The first-order valence-corrected chi connectivity index (χ1v) is 13.3. The van der Waals surface area contributed by atoms with Gasteiger partial charge in [0.25, 0.3) is 5.91 Å². The summed E-state index contributed by atoms with van der Waals surface area (Å²) in [6, 6.07) is 22.2. The minimum atomic E-state index is -0.279. The molecule has 3 N–H and O–H groups in total. The van der Waals surface area contributed by atoms with Crippen molar-refractivity contribution in [2.45, 2.75) is 43.1 Å². The number of carbonyl (C=O) groups excluding carboxylic acids is 3. The minimum absolute atomic E-state index is 0.00285. The molecule has 1 saturated heterocycles. The maximum absolute atomic E-state index is 13.8. The molecule has 1 aromatic heterocycles. The first-order chi connectivity index (χ1) is 19.1. The van der Waals surface area contributed by atoms with Crippen molar-refractivity contribution in [3.63, 3.8) is 0 Å². The second-order valence-electron chi connectivity index (χ2n) is 9.96. The third kappa shape index (κ3) is 5.56. The number of nitrogens with zero attached hydrogens (tertiary/aromatic N) is 2. The van der Waals surface area contributed by atoms with E-state index >= 15 is 0 Å². The van der Waals surface area contributed by atoms with E-state index < -0.39 is 0 Å². The zero-order chi connectivity index (χ0) is 27.8. The molecular weight excluding hydrogens is 492 g/mol. The van der Waals surface area contributed by atoms with Crippen molar-refractivity contribution in [1.29, 1.82) is 0 Å². The summed E-state index contributed by atoms with van der Waals surface area (Å²) in [4.78, 5) is 40.6. The Balaban J connectivity index is 0.00000172. The Morgan fingerprint density at radius 3 is 2.41 bits per heavy atom. The van der Waals surface area contributed by atoms with Crippen LogP contribution in [0.1, 0.15) is 58.6 Å². The molecule has 3 aromatic rings. The molecule has 2 aliphatic rings. The number of pyridine rings is 1. The Hall–Kier alpha value is -4.04. The van der Waals surface area contributed by atoms with E-state index in [1.807, 2.05) is 29.9 Å². The number of piperidine rings is 1. The van der Waals surface area contributed by atoms with Gasteiger partial charge < -0.3 is 25.5 Å². The number of benzene rings is 2. The van der Waals surface area contributed by atoms with Gasteiger partial charge in [0.1, 0.15) is 12.4 Å². The van der Waals surface area contributed by atoms with Crippen LogP contribution in [-0.2, 0) is 15.0 Å². The molecule has 8 heteroatoms. The van der Waals surface area contributed by atoms with Gasteiger partial charge in [-0.2, -0.15) is 0 Å². The molecule has 2 aromatic carbocycles. The summed E-state index contributed by atoms with van der Waals surface area (Å²) in [6.45, 7) is 3.74. The topological polar surface area (TPSA) is 115 Å². The van der Waals surface area contributed by atoms with Crippen LogP contribution < -0.4 is 15.8 Å². The third-order valence-corrected chi connectivity index (χ3v) is 8.04. The van der Waals surface area contributed by atoms with Crippen LogP contribution in [0, 0.1) is 0 Å². The van der Waals surface area contributed by atoms with Crippen LogP contribution in [0.15, 0.2) is 72.9 Å². The van der Waals surface area contributed by atoms with Crippen LogP contribution in [-0.4, -0.2) is 61.3 Å². The summed E-state index contributed by atoms with van der Waals surface area (Å²) in [5.41, 5.74) is 10.0. The Kier molecular flexibility index (Phi) is 9.09. The van der Waals surface area contributed by atoms with Crippen molar-refractivity contribution in [1.82, 2.24) is 15.2 Å². The molecule has 0 bridgehead atoms. The monoisotopic (exact) mass is 528 g/mol. The Labute approximate surface area is 229 Å². The zero-order valence-electron chi connectivity index (χ0n) is 22.3. The first kappa shape index (κ1) is 28.0. The number of hydrogen-bond donors (Lipinski definition) is 2. The number of nitrogens with one attached hydrogen (secondary N) is 1. The van der Waals surface area contributed by atoms with Crippen molar-refractivity contribution < 1.29 is 19.1 Å². The summed E-state index contributed by atoms with van der Waals surface area (Å²) in [6.07, 6.45) is 4.62. The van der Waals surface area contributed by atoms with E-state index in [-0.39, 0.29) is 29.2 Å². The molecule has 8 nitrogen and oxygen atoms in total. The van der Waals surface area contributed by atoms with Crippen molar-refractivity contribution >= 4 is 18.6 Å². The molecule has 5 rings (SSSR count). The predicted molar refractivity (Wildman–Crippen MR) is 150 cm³/mol. The van der Waals surface area contributed by atoms with E-state index in [9.17, 15) is 9.59 Å². The van der Waals surface area contributed by atoms with Gasteiger partial charge in [0.15, 0.2) is 0 Å². The quantitative estimate of drug-likeness (QED) is 0.507. The minimum Gasteiger partial charge on any atom is -0.480 e. The van der Waals surface area contributed by atoms with Gasteiger partial charge >= 0.3 is 0 Å². The Morgan fingerprint density at radius 1 is 1.03 bits per heavy atom. The molecule has 0 spiro atoms. The van der Waals surface area contributed by atoms with Crippen LogP contribution in [0.5, 0.6) is 5.88 Å². The van der Waals surface area contributed by atoms with Gasteiger partial charge in [-0.15, -0.1) is 0 Å². The molecule has 2 heterocycles. The summed E-state index contributed by atoms with van der Waals surface area (Å²) >= 11 is 0. The van der Waals surface area contributed by atoms with E-state index in [1.54, 1.807) is 18.3 Å². The van der Waals surface area contributed by atoms with Crippen LogP contribution in [0.2, 0.25) is 0 Å². The number of amides is 2. The normalized spacial score (nSPS) is 20.7. The number of methoxy groups -OCH3 is 1. The van der Waals surface area contributed by atoms with Gasteiger partial charge in [-0.05, 0) is 54.5 Å². The Morgan fingerprint density at radius 2 is 1.72 bits per heavy atom. The number of aromatic nitrogens is 1. The molecule has 0 unspecified atom stereocenters. The summed E-state index contributed by atoms with van der Waals surface area (Å²) < 4.78 is 5.22. The van der Waals surface area contributed by atoms with E-state index in [1.165, 1.54) is 18.2 Å². The van der Waals surface area contributed by atoms with Crippen molar-refractivity contribution in [2.24, 2.45) is 5.73 Å². The number of likely N-dealkylation sites (tertiary alicyclic amines) is 1. The average molecular weight is 529 g/mol. The maximum Gasteiger partial charge on any atom is 0.256 e. The molecule has 0 radical (unpaired) electrons. The SMILES string of the molecule is C=O.COc1ncccc1C(=O)NC1CCN(C(=O)[C@H]2CC[C@@](CN)(c3ccccc3)c3ccccc32)CC1. The molecule has 1 aliphatic carbocycles. The number of rotatable bonds is 6. The second kappa shape index (κ2) is 12.7. The lowest BCUT2D eigenvalue weighted by Gasteiger charge is -2.43. The number of carbonyl (C=O) groups is 3. The van der Waals surface area contributed by atoms with Gasteiger partial charge in [-0.3, -0.25) is 9.59 Å². The lowest BCUT2D eigenvalue weighted by molar-refractivity contribution is -0.134. The smallest absolute Gasteiger partial charge is 0.256 e. The van der Waals surface area contributed by atoms with Gasteiger partial charge in [0.2, 0.25) is 11.8 Å². The van der Waals surface area contributed by atoms with E-state index in [0.29, 0.717) is 43.9 Å². The molecular formula is C31H36N4O4. The van der Waals surface area contributed by atoms with Crippen LogP contribution in [0.25, 0.3) is 0 Å². The third-order valence-electron chi connectivity index (χ3n) is 8.04. The Bertz CT molecular complexity index is 1280. The number of hydrogen-bond acceptors (Lipinski definition) is 6. The van der Waals surface area contributed by atoms with E-state index in [0.717, 1.165) is 18.4 Å². The van der Waals surface area contributed by atoms with E-state index in [2.05, 4.69) is 46.7 Å². The highest BCUT2D eigenvalue weighted by Gasteiger charge is 2.43. The van der Waals surface area contributed by atoms with Crippen molar-refractivity contribution in [3.05, 3.63) is 95.2 Å². The van der Waals surface area contributed by atoms with Crippen molar-refractivity contribution in [3.8, 4) is 5.88 Å². The summed E-state index contributed by atoms with van der Waals surface area (Å²) in [7, 11) is 1.50. The van der Waals surface area contributed by atoms with Crippen LogP contribution in [0.3, 0.4) is 0 Å². The van der Waals surface area contributed by atoms with Gasteiger partial charge in [0.05, 0.1) is 13.0 Å². The second-order valence-corrected chi connectivity index (χ2v) is 9.96. The summed E-state index contributed by atoms with van der Waals surface area (Å²) in [5, 5.41) is 3.09. The van der Waals surface area contributed by atoms with Gasteiger partial charge in [-0.25, -0.2) is 4.98 Å². The molecule has 39 heavy (non-hydrogen) atoms. The van der Waals surface area contributed by atoms with Gasteiger partial charge in [-0.1, -0.05) is 54.6 Å². The largest absolute Gasteiger partial charge is 0.480 e. The number of ether oxygens (including phenoxy) is 1. The fourth-order valence-electron chi connectivity index (χ4n) is 6.02. The molecule has 204 valence electrons. The fraction of sp³-hybridized carbons (Fsp3) is 0.355. The van der Waals surface area contributed by atoms with Crippen LogP contribution in [0.4, 0.5) is 0 Å². The highest BCUT2D eigenvalue weighted by atomic mass is 16.5. The standard InChI is InChI=1S/C30H34N4O3.CH2O/c1-37-28-25(11-7-17-32-28)27(35)33-22-14-18-34(19-15-22)29(36)24-13-16-30(20-31,21-8-3-2-4-9-21)26-12-6-5-10-23(24)26;1-2/h2-12,17,22,24H,13-16,18-20,31H2,1H3,(H,33,35);1H2/t24-,30+;/m0./s1.